The van der Waals surface area contributed by atoms with Gasteiger partial charge in [0.1, 0.15) is 0 Å². The molecule has 0 atom stereocenters. The van der Waals surface area contributed by atoms with Crippen LogP contribution in [-0.2, 0) is 12.2 Å². The van der Waals surface area contributed by atoms with Gasteiger partial charge in [0.25, 0.3) is 5.91 Å². The van der Waals surface area contributed by atoms with Gasteiger partial charge >= 0.3 is 0 Å². The summed E-state index contributed by atoms with van der Waals surface area (Å²) in [5, 5.41) is 0. The first kappa shape index (κ1) is 19.6. The average molecular weight is 420 g/mol. The minimum Gasteiger partial charge on any atom is -0.341 e. The van der Waals surface area contributed by atoms with Gasteiger partial charge in [-0.15, -0.1) is 11.3 Å². The second kappa shape index (κ2) is 9.20. The Morgan fingerprint density at radius 3 is 2.59 bits per heavy atom. The first-order chi connectivity index (χ1) is 14.2. The molecule has 6 heteroatoms. The monoisotopic (exact) mass is 419 g/mol. The molecular formula is C23H21N3OS2. The number of fused-ring (bicyclic) bond motifs is 1. The van der Waals surface area contributed by atoms with Gasteiger partial charge in [-0.2, -0.15) is 0 Å². The summed E-state index contributed by atoms with van der Waals surface area (Å²) in [6, 6.07) is 21.9. The van der Waals surface area contributed by atoms with Gasteiger partial charge in [-0.25, -0.2) is 4.98 Å². The summed E-state index contributed by atoms with van der Waals surface area (Å²) < 4.78 is 2.28. The van der Waals surface area contributed by atoms with Gasteiger partial charge in [-0.05, 0) is 42.0 Å². The molecule has 4 aromatic rings. The lowest BCUT2D eigenvalue weighted by Gasteiger charge is -2.17. The third kappa shape index (κ3) is 5.02. The Labute approximate surface area is 178 Å². The van der Waals surface area contributed by atoms with E-state index in [0.717, 1.165) is 27.7 Å². The zero-order valence-corrected chi connectivity index (χ0v) is 17.7. The molecule has 0 radical (unpaired) electrons. The Morgan fingerprint density at radius 2 is 1.83 bits per heavy atom. The highest BCUT2D eigenvalue weighted by atomic mass is 32.2. The number of likely N-dealkylation sites (N-methyl/N-ethyl adjacent to an activating group) is 1. The highest BCUT2D eigenvalue weighted by Crippen LogP contribution is 2.31. The van der Waals surface area contributed by atoms with E-state index in [9.17, 15) is 4.79 Å². The average Bonchev–Trinajstić information content (AvgIpc) is 3.20. The van der Waals surface area contributed by atoms with Crippen LogP contribution in [0.4, 0.5) is 0 Å². The molecule has 0 unspecified atom stereocenters. The lowest BCUT2D eigenvalue weighted by Crippen LogP contribution is -2.29. The Balaban J connectivity index is 1.32. The number of hydrogen-bond acceptors (Lipinski definition) is 5. The van der Waals surface area contributed by atoms with E-state index in [1.165, 1.54) is 10.3 Å². The quantitative estimate of drug-likeness (QED) is 0.382. The highest BCUT2D eigenvalue weighted by molar-refractivity contribution is 8.00. The molecule has 0 aliphatic heterocycles. The van der Waals surface area contributed by atoms with Crippen molar-refractivity contribution >= 4 is 39.2 Å². The SMILES string of the molecule is CN(CCc1ccccn1)C(=O)c1ccc(CSc2nc3ccccc3s2)cc1. The molecule has 4 nitrogen and oxygen atoms in total. The van der Waals surface area contributed by atoms with Crippen molar-refractivity contribution in [3.05, 3.63) is 89.7 Å². The molecular weight excluding hydrogens is 398 g/mol. The summed E-state index contributed by atoms with van der Waals surface area (Å²) in [6.07, 6.45) is 2.53. The Bertz CT molecular complexity index is 1060. The van der Waals surface area contributed by atoms with Gasteiger partial charge < -0.3 is 4.90 Å². The fourth-order valence-electron chi connectivity index (χ4n) is 2.95. The van der Waals surface area contributed by atoms with Crippen LogP contribution in [0.25, 0.3) is 10.2 Å². The van der Waals surface area contributed by atoms with Crippen molar-refractivity contribution in [2.75, 3.05) is 13.6 Å². The maximum absolute atomic E-state index is 12.6. The molecule has 0 fully saturated rings. The Morgan fingerprint density at radius 1 is 1.03 bits per heavy atom. The summed E-state index contributed by atoms with van der Waals surface area (Å²) in [4.78, 5) is 23.4. The smallest absolute Gasteiger partial charge is 0.253 e. The number of hydrogen-bond donors (Lipinski definition) is 0. The van der Waals surface area contributed by atoms with E-state index in [-0.39, 0.29) is 5.91 Å². The van der Waals surface area contributed by atoms with Crippen LogP contribution in [0.15, 0.2) is 77.3 Å². The molecule has 0 saturated carbocycles. The van der Waals surface area contributed by atoms with Gasteiger partial charge in [0.2, 0.25) is 0 Å². The van der Waals surface area contributed by atoms with Crippen LogP contribution in [0.2, 0.25) is 0 Å². The van der Waals surface area contributed by atoms with Crippen molar-refractivity contribution in [2.45, 2.75) is 16.5 Å². The number of aromatic nitrogens is 2. The minimum atomic E-state index is 0.0336. The number of amides is 1. The number of benzene rings is 2. The van der Waals surface area contributed by atoms with Crippen LogP contribution >= 0.6 is 23.1 Å². The van der Waals surface area contributed by atoms with Crippen molar-refractivity contribution in [3.8, 4) is 0 Å². The van der Waals surface area contributed by atoms with Crippen molar-refractivity contribution < 1.29 is 4.79 Å². The van der Waals surface area contributed by atoms with E-state index in [4.69, 9.17) is 0 Å². The third-order valence-electron chi connectivity index (χ3n) is 4.61. The van der Waals surface area contributed by atoms with Crippen molar-refractivity contribution in [3.63, 3.8) is 0 Å². The molecule has 0 N–H and O–H groups in total. The summed E-state index contributed by atoms with van der Waals surface area (Å²) in [6.45, 7) is 0.644. The fraction of sp³-hybridized carbons (Fsp3) is 0.174. The second-order valence-electron chi connectivity index (χ2n) is 6.73. The van der Waals surface area contributed by atoms with Crippen LogP contribution in [0.3, 0.4) is 0 Å². The first-order valence-corrected chi connectivity index (χ1v) is 11.2. The predicted octanol–water partition coefficient (Wildman–Crippen LogP) is 5.30. The molecule has 4 rings (SSSR count). The predicted molar refractivity (Wildman–Crippen MR) is 121 cm³/mol. The number of pyridine rings is 1. The minimum absolute atomic E-state index is 0.0336. The number of thioether (sulfide) groups is 1. The van der Waals surface area contributed by atoms with Gasteiger partial charge in [0.05, 0.1) is 10.2 Å². The molecule has 0 spiro atoms. The van der Waals surface area contributed by atoms with Crippen LogP contribution < -0.4 is 0 Å². The number of para-hydroxylation sites is 1. The zero-order chi connectivity index (χ0) is 20.1. The molecule has 2 heterocycles. The largest absolute Gasteiger partial charge is 0.341 e. The molecule has 0 aliphatic carbocycles. The number of carbonyl (C=O) groups excluding carboxylic acids is 1. The van der Waals surface area contributed by atoms with Crippen LogP contribution in [0.1, 0.15) is 21.6 Å². The van der Waals surface area contributed by atoms with Crippen molar-refractivity contribution in [1.82, 2.24) is 14.9 Å². The molecule has 29 heavy (non-hydrogen) atoms. The van der Waals surface area contributed by atoms with E-state index in [0.29, 0.717) is 12.1 Å². The number of rotatable bonds is 7. The van der Waals surface area contributed by atoms with Crippen LogP contribution in [-0.4, -0.2) is 34.4 Å². The maximum atomic E-state index is 12.6. The molecule has 1 amide bonds. The summed E-state index contributed by atoms with van der Waals surface area (Å²) >= 11 is 3.45. The lowest BCUT2D eigenvalue weighted by atomic mass is 10.1. The van der Waals surface area contributed by atoms with E-state index >= 15 is 0 Å². The van der Waals surface area contributed by atoms with E-state index in [1.54, 1.807) is 34.2 Å². The van der Waals surface area contributed by atoms with Gasteiger partial charge in [-0.1, -0.05) is 42.1 Å². The number of carbonyl (C=O) groups is 1. The van der Waals surface area contributed by atoms with Crippen molar-refractivity contribution in [1.29, 1.82) is 0 Å². The zero-order valence-electron chi connectivity index (χ0n) is 16.1. The molecule has 146 valence electrons. The Kier molecular flexibility index (Phi) is 6.22. The van der Waals surface area contributed by atoms with Crippen molar-refractivity contribution in [2.24, 2.45) is 0 Å². The number of nitrogens with zero attached hydrogens (tertiary/aromatic N) is 3. The molecule has 2 aromatic heterocycles. The van der Waals surface area contributed by atoms with Gasteiger partial charge in [0.15, 0.2) is 4.34 Å². The van der Waals surface area contributed by atoms with Crippen LogP contribution in [0.5, 0.6) is 0 Å². The van der Waals surface area contributed by atoms with Gasteiger partial charge in [0, 0.05) is 43.2 Å². The summed E-state index contributed by atoms with van der Waals surface area (Å²) in [5.74, 6) is 0.871. The fourth-order valence-corrected chi connectivity index (χ4v) is 4.98. The normalized spacial score (nSPS) is 10.9. The van der Waals surface area contributed by atoms with E-state index in [1.807, 2.05) is 67.7 Å². The molecule has 0 aliphatic rings. The second-order valence-corrected chi connectivity index (χ2v) is 8.98. The van der Waals surface area contributed by atoms with E-state index in [2.05, 4.69) is 16.0 Å². The lowest BCUT2D eigenvalue weighted by molar-refractivity contribution is 0.0796. The maximum Gasteiger partial charge on any atom is 0.253 e. The highest BCUT2D eigenvalue weighted by Gasteiger charge is 2.12. The summed E-state index contributed by atoms with van der Waals surface area (Å²) in [7, 11) is 1.84. The standard InChI is InChI=1S/C23H21N3OS2/c1-26(15-13-19-6-4-5-14-24-19)22(27)18-11-9-17(10-12-18)16-28-23-25-20-7-2-3-8-21(20)29-23/h2-12,14H,13,15-16H2,1H3. The Hall–Kier alpha value is -2.70. The number of thiazole rings is 1. The molecule has 2 aromatic carbocycles. The summed E-state index contributed by atoms with van der Waals surface area (Å²) in [5.41, 5.74) is 3.94. The third-order valence-corrected chi connectivity index (χ3v) is 6.86. The topological polar surface area (TPSA) is 46.1 Å². The molecule has 0 bridgehead atoms. The van der Waals surface area contributed by atoms with E-state index < -0.39 is 0 Å². The van der Waals surface area contributed by atoms with Gasteiger partial charge in [-0.3, -0.25) is 9.78 Å². The van der Waals surface area contributed by atoms with Crippen LogP contribution in [0, 0.1) is 0 Å². The molecule has 0 saturated heterocycles. The first-order valence-electron chi connectivity index (χ1n) is 9.42.